The molecule has 0 spiro atoms. The van der Waals surface area contributed by atoms with Crippen LogP contribution in [-0.4, -0.2) is 50.6 Å². The fourth-order valence-corrected chi connectivity index (χ4v) is 2.57. The fraction of sp³-hybridized carbons (Fsp3) is 0.938. The summed E-state index contributed by atoms with van der Waals surface area (Å²) in [6.45, 7) is 10.3. The first kappa shape index (κ1) is 21.0. The van der Waals surface area contributed by atoms with Crippen LogP contribution in [0.5, 0.6) is 0 Å². The minimum absolute atomic E-state index is 0. The highest BCUT2D eigenvalue weighted by Crippen LogP contribution is 2.09. The molecule has 0 aromatic carbocycles. The molecule has 5 heteroatoms. The van der Waals surface area contributed by atoms with Crippen molar-refractivity contribution < 1.29 is 0 Å². The van der Waals surface area contributed by atoms with Crippen molar-refractivity contribution in [1.82, 2.24) is 15.5 Å². The summed E-state index contributed by atoms with van der Waals surface area (Å²) < 4.78 is 0. The lowest BCUT2D eigenvalue weighted by molar-refractivity contribution is 0.282. The molecule has 1 saturated heterocycles. The van der Waals surface area contributed by atoms with E-state index in [9.17, 15) is 0 Å². The van der Waals surface area contributed by atoms with Crippen molar-refractivity contribution in [3.05, 3.63) is 0 Å². The van der Waals surface area contributed by atoms with Gasteiger partial charge in [0.05, 0.1) is 0 Å². The lowest BCUT2D eigenvalue weighted by Crippen LogP contribution is -2.39. The Kier molecular flexibility index (Phi) is 13.6. The molecule has 0 unspecified atom stereocenters. The van der Waals surface area contributed by atoms with Crippen molar-refractivity contribution in [3.63, 3.8) is 0 Å². The zero-order chi connectivity index (χ0) is 14.6. The molecule has 0 bridgehead atoms. The molecular weight excluding hydrogens is 375 g/mol. The Bertz CT molecular complexity index is 261. The number of nitrogens with one attached hydrogen (secondary N) is 2. The van der Waals surface area contributed by atoms with Gasteiger partial charge in [-0.2, -0.15) is 0 Å². The molecule has 0 aromatic rings. The second-order valence-electron chi connectivity index (χ2n) is 6.22. The van der Waals surface area contributed by atoms with Gasteiger partial charge in [0.15, 0.2) is 5.96 Å². The van der Waals surface area contributed by atoms with Gasteiger partial charge in [0, 0.05) is 20.1 Å². The second-order valence-corrected chi connectivity index (χ2v) is 6.22. The Morgan fingerprint density at radius 1 is 1.05 bits per heavy atom. The van der Waals surface area contributed by atoms with Crippen LogP contribution in [0.4, 0.5) is 0 Å². The van der Waals surface area contributed by atoms with E-state index >= 15 is 0 Å². The van der Waals surface area contributed by atoms with Gasteiger partial charge in [-0.3, -0.25) is 4.99 Å². The third-order valence-electron chi connectivity index (χ3n) is 3.88. The molecule has 21 heavy (non-hydrogen) atoms. The normalized spacial score (nSPS) is 17.2. The number of hydrogen-bond acceptors (Lipinski definition) is 2. The number of guanidine groups is 1. The smallest absolute Gasteiger partial charge is 0.190 e. The number of rotatable bonds is 7. The van der Waals surface area contributed by atoms with Crippen molar-refractivity contribution in [2.45, 2.75) is 52.4 Å². The minimum atomic E-state index is 0. The van der Waals surface area contributed by atoms with Crippen LogP contribution in [0.1, 0.15) is 52.4 Å². The molecule has 2 N–H and O–H groups in total. The van der Waals surface area contributed by atoms with Gasteiger partial charge in [0.2, 0.25) is 0 Å². The number of likely N-dealkylation sites (tertiary alicyclic amines) is 1. The van der Waals surface area contributed by atoms with E-state index in [1.165, 1.54) is 58.2 Å². The molecule has 126 valence electrons. The molecule has 0 saturated carbocycles. The lowest BCUT2D eigenvalue weighted by atomic mass is 10.1. The van der Waals surface area contributed by atoms with Crippen LogP contribution < -0.4 is 10.6 Å². The average molecular weight is 410 g/mol. The number of nitrogens with zero attached hydrogens (tertiary/aromatic N) is 2. The fourth-order valence-electron chi connectivity index (χ4n) is 2.57. The molecule has 0 amide bonds. The van der Waals surface area contributed by atoms with Gasteiger partial charge in [0.1, 0.15) is 0 Å². The van der Waals surface area contributed by atoms with Crippen LogP contribution in [0.3, 0.4) is 0 Å². The summed E-state index contributed by atoms with van der Waals surface area (Å²) in [5, 5.41) is 6.79. The third-order valence-corrected chi connectivity index (χ3v) is 3.88. The first-order chi connectivity index (χ1) is 9.72. The van der Waals surface area contributed by atoms with Crippen LogP contribution in [0.15, 0.2) is 4.99 Å². The molecule has 4 nitrogen and oxygen atoms in total. The zero-order valence-corrected chi connectivity index (χ0v) is 16.5. The van der Waals surface area contributed by atoms with Crippen molar-refractivity contribution in [2.75, 3.05) is 39.8 Å². The van der Waals surface area contributed by atoms with Crippen LogP contribution in [0, 0.1) is 5.92 Å². The Balaban J connectivity index is 0.00000400. The van der Waals surface area contributed by atoms with Crippen molar-refractivity contribution in [2.24, 2.45) is 10.9 Å². The molecule has 1 rings (SSSR count). The van der Waals surface area contributed by atoms with E-state index < -0.39 is 0 Å². The number of halogens is 1. The highest BCUT2D eigenvalue weighted by atomic mass is 127. The summed E-state index contributed by atoms with van der Waals surface area (Å²) in [6.07, 6.45) is 7.99. The average Bonchev–Trinajstić information content (AvgIpc) is 2.69. The molecule has 0 aromatic heterocycles. The van der Waals surface area contributed by atoms with E-state index in [1.807, 2.05) is 7.05 Å². The van der Waals surface area contributed by atoms with E-state index in [4.69, 9.17) is 0 Å². The predicted octanol–water partition coefficient (Wildman–Crippen LogP) is 3.08. The van der Waals surface area contributed by atoms with E-state index in [0.29, 0.717) is 0 Å². The summed E-state index contributed by atoms with van der Waals surface area (Å²) in [7, 11) is 1.85. The van der Waals surface area contributed by atoms with Gasteiger partial charge in [0.25, 0.3) is 0 Å². The maximum atomic E-state index is 4.27. The highest BCUT2D eigenvalue weighted by Gasteiger charge is 2.08. The van der Waals surface area contributed by atoms with E-state index in [-0.39, 0.29) is 24.0 Å². The number of hydrogen-bond donors (Lipinski definition) is 2. The van der Waals surface area contributed by atoms with Crippen molar-refractivity contribution in [1.29, 1.82) is 0 Å². The van der Waals surface area contributed by atoms with Gasteiger partial charge in [-0.05, 0) is 51.2 Å². The van der Waals surface area contributed by atoms with Crippen molar-refractivity contribution >= 4 is 29.9 Å². The van der Waals surface area contributed by atoms with E-state index in [1.54, 1.807) is 0 Å². The van der Waals surface area contributed by atoms with Crippen LogP contribution >= 0.6 is 24.0 Å². The van der Waals surface area contributed by atoms with Crippen LogP contribution in [-0.2, 0) is 0 Å². The van der Waals surface area contributed by atoms with E-state index in [0.717, 1.165) is 25.0 Å². The molecule has 0 radical (unpaired) electrons. The Morgan fingerprint density at radius 3 is 2.24 bits per heavy atom. The number of aliphatic imine (C=N–C) groups is 1. The topological polar surface area (TPSA) is 39.7 Å². The summed E-state index contributed by atoms with van der Waals surface area (Å²) in [5.41, 5.74) is 0. The second kappa shape index (κ2) is 13.6. The zero-order valence-electron chi connectivity index (χ0n) is 14.2. The Morgan fingerprint density at radius 2 is 1.67 bits per heavy atom. The standard InChI is InChI=1S/C16H34N4.HI/c1-15(2)9-11-19-16(17-3)18-10-8-14-20-12-6-4-5-7-13-20;/h15H,4-14H2,1-3H3,(H2,17,18,19);1H. The molecule has 1 aliphatic rings. The molecule has 1 heterocycles. The van der Waals surface area contributed by atoms with Gasteiger partial charge in [-0.15, -0.1) is 24.0 Å². The first-order valence-electron chi connectivity index (χ1n) is 8.39. The summed E-state index contributed by atoms with van der Waals surface area (Å²) >= 11 is 0. The van der Waals surface area contributed by atoms with Gasteiger partial charge >= 0.3 is 0 Å². The van der Waals surface area contributed by atoms with Gasteiger partial charge in [-0.25, -0.2) is 0 Å². The van der Waals surface area contributed by atoms with Gasteiger partial charge in [-0.1, -0.05) is 26.7 Å². The van der Waals surface area contributed by atoms with E-state index in [2.05, 4.69) is 34.4 Å². The third kappa shape index (κ3) is 11.2. The first-order valence-corrected chi connectivity index (χ1v) is 8.39. The molecule has 0 atom stereocenters. The molecule has 1 aliphatic heterocycles. The van der Waals surface area contributed by atoms with Crippen LogP contribution in [0.25, 0.3) is 0 Å². The maximum Gasteiger partial charge on any atom is 0.190 e. The Hall–Kier alpha value is -0.0400. The summed E-state index contributed by atoms with van der Waals surface area (Å²) in [4.78, 5) is 6.88. The monoisotopic (exact) mass is 410 g/mol. The summed E-state index contributed by atoms with van der Waals surface area (Å²) in [6, 6.07) is 0. The Labute approximate surface area is 148 Å². The molecular formula is C16H35IN4. The lowest BCUT2D eigenvalue weighted by Gasteiger charge is -2.20. The molecule has 0 aliphatic carbocycles. The largest absolute Gasteiger partial charge is 0.356 e. The molecule has 1 fully saturated rings. The van der Waals surface area contributed by atoms with Gasteiger partial charge < -0.3 is 15.5 Å². The highest BCUT2D eigenvalue weighted by molar-refractivity contribution is 14.0. The maximum absolute atomic E-state index is 4.27. The predicted molar refractivity (Wildman–Crippen MR) is 104 cm³/mol. The quantitative estimate of drug-likeness (QED) is 0.293. The van der Waals surface area contributed by atoms with Crippen LogP contribution in [0.2, 0.25) is 0 Å². The van der Waals surface area contributed by atoms with Crippen molar-refractivity contribution in [3.8, 4) is 0 Å². The summed E-state index contributed by atoms with van der Waals surface area (Å²) in [5.74, 6) is 1.69. The SMILES string of the molecule is CN=C(NCCCN1CCCCCC1)NCCC(C)C.I. The minimum Gasteiger partial charge on any atom is -0.356 e.